The molecule has 0 aromatic heterocycles. The summed E-state index contributed by atoms with van der Waals surface area (Å²) >= 11 is 0. The number of aryl methyl sites for hydroxylation is 1. The third kappa shape index (κ3) is 15.2. The zero-order valence-corrected chi connectivity index (χ0v) is 17.6. The van der Waals surface area contributed by atoms with E-state index in [0.29, 0.717) is 0 Å². The molecule has 0 aliphatic carbocycles. The molecular formula is C26H44. The number of hydrogen-bond donors (Lipinski definition) is 0. The van der Waals surface area contributed by atoms with E-state index < -0.39 is 0 Å². The fraction of sp³-hybridized carbons (Fsp3) is 0.692. The molecule has 0 heterocycles. The molecule has 0 aliphatic rings. The predicted octanol–water partition coefficient (Wildman–Crippen LogP) is 9.05. The minimum absolute atomic E-state index is 1.21. The van der Waals surface area contributed by atoms with Crippen molar-refractivity contribution in [2.24, 2.45) is 0 Å². The maximum absolute atomic E-state index is 2.41. The summed E-state index contributed by atoms with van der Waals surface area (Å²) in [6.45, 7) is 2.30. The van der Waals surface area contributed by atoms with Crippen molar-refractivity contribution < 1.29 is 0 Å². The van der Waals surface area contributed by atoms with Gasteiger partial charge in [-0.05, 0) is 37.7 Å². The van der Waals surface area contributed by atoms with Crippen LogP contribution in [0.25, 0.3) is 0 Å². The van der Waals surface area contributed by atoms with E-state index in [1.807, 2.05) is 0 Å². The lowest BCUT2D eigenvalue weighted by atomic mass is 10.0. The summed E-state index contributed by atoms with van der Waals surface area (Å²) in [5, 5.41) is 0. The second kappa shape index (κ2) is 18.7. The lowest BCUT2D eigenvalue weighted by molar-refractivity contribution is 0.540. The molecule has 0 spiro atoms. The van der Waals surface area contributed by atoms with Gasteiger partial charge in [0.15, 0.2) is 0 Å². The lowest BCUT2D eigenvalue weighted by Gasteiger charge is -2.02. The predicted molar refractivity (Wildman–Crippen MR) is 119 cm³/mol. The summed E-state index contributed by atoms with van der Waals surface area (Å²) in [5.74, 6) is 0. The summed E-state index contributed by atoms with van der Waals surface area (Å²) < 4.78 is 0. The number of hydrogen-bond acceptors (Lipinski definition) is 0. The second-order valence-electron chi connectivity index (χ2n) is 7.88. The highest BCUT2D eigenvalue weighted by Crippen LogP contribution is 2.13. The number of benzene rings is 1. The average Bonchev–Trinajstić information content (AvgIpc) is 2.68. The molecule has 0 saturated carbocycles. The summed E-state index contributed by atoms with van der Waals surface area (Å²) in [5.41, 5.74) is 1.47. The molecule has 0 radical (unpaired) electrons. The van der Waals surface area contributed by atoms with Crippen molar-refractivity contribution in [1.29, 1.82) is 0 Å². The molecule has 0 nitrogen and oxygen atoms in total. The number of allylic oxidation sites excluding steroid dienone is 2. The van der Waals surface area contributed by atoms with E-state index in [0.717, 1.165) is 0 Å². The topological polar surface area (TPSA) is 0 Å². The first-order chi connectivity index (χ1) is 12.9. The highest BCUT2D eigenvalue weighted by atomic mass is 14.0. The van der Waals surface area contributed by atoms with Gasteiger partial charge in [0.2, 0.25) is 0 Å². The normalized spacial score (nSPS) is 11.4. The van der Waals surface area contributed by atoms with Gasteiger partial charge in [-0.1, -0.05) is 126 Å². The van der Waals surface area contributed by atoms with E-state index in [2.05, 4.69) is 49.4 Å². The maximum Gasteiger partial charge on any atom is -0.0276 e. The zero-order valence-electron chi connectivity index (χ0n) is 17.6. The first kappa shape index (κ1) is 23.0. The van der Waals surface area contributed by atoms with Crippen LogP contribution in [0.2, 0.25) is 0 Å². The van der Waals surface area contributed by atoms with Gasteiger partial charge in [0.25, 0.3) is 0 Å². The van der Waals surface area contributed by atoms with Crippen LogP contribution in [-0.4, -0.2) is 0 Å². The summed E-state index contributed by atoms with van der Waals surface area (Å²) in [6, 6.07) is 10.8. The fourth-order valence-corrected chi connectivity index (χ4v) is 3.58. The standard InChI is InChI=1S/C26H44/c1-2-3-4-5-6-7-8-9-10-11-12-13-14-15-16-17-18-20-23-26-24-21-19-22-25-26/h16-17,19,21-22,24-25H,2-15,18,20,23H2,1H3. The van der Waals surface area contributed by atoms with Crippen LogP contribution in [0.15, 0.2) is 42.5 Å². The van der Waals surface area contributed by atoms with Crippen LogP contribution in [0.1, 0.15) is 115 Å². The molecule has 0 aliphatic heterocycles. The van der Waals surface area contributed by atoms with Gasteiger partial charge in [0, 0.05) is 0 Å². The van der Waals surface area contributed by atoms with Gasteiger partial charge in [-0.15, -0.1) is 0 Å². The molecule has 26 heavy (non-hydrogen) atoms. The Morgan fingerprint density at radius 3 is 1.54 bits per heavy atom. The van der Waals surface area contributed by atoms with Crippen LogP contribution in [0.5, 0.6) is 0 Å². The third-order valence-corrected chi connectivity index (χ3v) is 5.32. The zero-order chi connectivity index (χ0) is 18.5. The van der Waals surface area contributed by atoms with Crippen molar-refractivity contribution in [1.82, 2.24) is 0 Å². The van der Waals surface area contributed by atoms with Gasteiger partial charge < -0.3 is 0 Å². The maximum atomic E-state index is 2.41. The van der Waals surface area contributed by atoms with E-state index in [1.54, 1.807) is 0 Å². The van der Waals surface area contributed by atoms with Gasteiger partial charge in [-0.2, -0.15) is 0 Å². The summed E-state index contributed by atoms with van der Waals surface area (Å²) in [6.07, 6.45) is 28.6. The highest BCUT2D eigenvalue weighted by molar-refractivity contribution is 5.14. The third-order valence-electron chi connectivity index (χ3n) is 5.32. The van der Waals surface area contributed by atoms with Crippen molar-refractivity contribution in [2.75, 3.05) is 0 Å². The molecule has 0 atom stereocenters. The van der Waals surface area contributed by atoms with Crippen LogP contribution in [-0.2, 0) is 6.42 Å². The monoisotopic (exact) mass is 356 g/mol. The molecule has 0 heteroatoms. The van der Waals surface area contributed by atoms with E-state index in [9.17, 15) is 0 Å². The Hall–Kier alpha value is -1.04. The van der Waals surface area contributed by atoms with Crippen molar-refractivity contribution in [3.63, 3.8) is 0 Å². The Balaban J connectivity index is 1.74. The van der Waals surface area contributed by atoms with Crippen molar-refractivity contribution >= 4 is 0 Å². The molecule has 0 unspecified atom stereocenters. The van der Waals surface area contributed by atoms with Crippen LogP contribution in [0, 0.1) is 0 Å². The molecule has 1 aromatic carbocycles. The van der Waals surface area contributed by atoms with E-state index in [-0.39, 0.29) is 0 Å². The first-order valence-corrected chi connectivity index (χ1v) is 11.6. The second-order valence-corrected chi connectivity index (χ2v) is 7.88. The molecule has 1 rings (SSSR count). The lowest BCUT2D eigenvalue weighted by Crippen LogP contribution is -1.83. The minimum atomic E-state index is 1.21. The molecule has 148 valence electrons. The Morgan fingerprint density at radius 2 is 1.00 bits per heavy atom. The fourth-order valence-electron chi connectivity index (χ4n) is 3.58. The molecule has 0 amide bonds. The van der Waals surface area contributed by atoms with Gasteiger partial charge in [0.1, 0.15) is 0 Å². The smallest absolute Gasteiger partial charge is 0.0276 e. The Morgan fingerprint density at radius 1 is 0.538 bits per heavy atom. The number of rotatable bonds is 18. The highest BCUT2D eigenvalue weighted by Gasteiger charge is 1.93. The number of unbranched alkanes of at least 4 members (excludes halogenated alkanes) is 14. The van der Waals surface area contributed by atoms with E-state index in [4.69, 9.17) is 0 Å². The van der Waals surface area contributed by atoms with E-state index in [1.165, 1.54) is 115 Å². The van der Waals surface area contributed by atoms with Crippen LogP contribution in [0.3, 0.4) is 0 Å². The van der Waals surface area contributed by atoms with Crippen LogP contribution in [0.4, 0.5) is 0 Å². The van der Waals surface area contributed by atoms with Gasteiger partial charge in [-0.3, -0.25) is 0 Å². The van der Waals surface area contributed by atoms with E-state index >= 15 is 0 Å². The SMILES string of the molecule is CCCCCCCCCCCCCCCC=CCCCc1ccccc1. The minimum Gasteiger partial charge on any atom is -0.0885 e. The van der Waals surface area contributed by atoms with Crippen LogP contribution >= 0.6 is 0 Å². The van der Waals surface area contributed by atoms with Crippen molar-refractivity contribution in [2.45, 2.75) is 116 Å². The molecule has 0 N–H and O–H groups in total. The first-order valence-electron chi connectivity index (χ1n) is 11.6. The molecule has 1 aromatic rings. The largest absolute Gasteiger partial charge is 0.0885 e. The Bertz CT molecular complexity index is 403. The van der Waals surface area contributed by atoms with Gasteiger partial charge in [-0.25, -0.2) is 0 Å². The van der Waals surface area contributed by atoms with Gasteiger partial charge >= 0.3 is 0 Å². The Kier molecular flexibility index (Phi) is 16.6. The quantitative estimate of drug-likeness (QED) is 0.182. The molecular weight excluding hydrogens is 312 g/mol. The van der Waals surface area contributed by atoms with Crippen LogP contribution < -0.4 is 0 Å². The van der Waals surface area contributed by atoms with Gasteiger partial charge in [0.05, 0.1) is 0 Å². The summed E-state index contributed by atoms with van der Waals surface area (Å²) in [4.78, 5) is 0. The summed E-state index contributed by atoms with van der Waals surface area (Å²) in [7, 11) is 0. The molecule has 0 bridgehead atoms. The molecule has 0 saturated heterocycles. The van der Waals surface area contributed by atoms with Crippen molar-refractivity contribution in [3.05, 3.63) is 48.0 Å². The average molecular weight is 357 g/mol. The Labute approximate surface area is 164 Å². The van der Waals surface area contributed by atoms with Crippen molar-refractivity contribution in [3.8, 4) is 0 Å². The molecule has 0 fully saturated rings.